The van der Waals surface area contributed by atoms with Crippen molar-refractivity contribution in [3.05, 3.63) is 41.5 Å². The maximum atomic E-state index is 12.4. The van der Waals surface area contributed by atoms with Crippen LogP contribution < -0.4 is 5.32 Å². The Morgan fingerprint density at radius 1 is 1.30 bits per heavy atom. The van der Waals surface area contributed by atoms with E-state index in [0.717, 1.165) is 11.4 Å². The van der Waals surface area contributed by atoms with E-state index in [0.29, 0.717) is 17.2 Å². The SMILES string of the molecule is Cc1nn(C(C)C)c(C)c1NC(=O)c1cc(-c2ccco2)on1. The van der Waals surface area contributed by atoms with Crippen LogP contribution in [0.25, 0.3) is 11.5 Å². The number of hydrogen-bond donors (Lipinski definition) is 1. The highest BCUT2D eigenvalue weighted by molar-refractivity contribution is 6.03. The summed E-state index contributed by atoms with van der Waals surface area (Å²) in [5.74, 6) is 0.587. The van der Waals surface area contributed by atoms with Crippen molar-refractivity contribution in [3.8, 4) is 11.5 Å². The lowest BCUT2D eigenvalue weighted by Crippen LogP contribution is -2.13. The molecule has 0 saturated carbocycles. The van der Waals surface area contributed by atoms with Gasteiger partial charge in [-0.05, 0) is 39.8 Å². The van der Waals surface area contributed by atoms with Gasteiger partial charge in [-0.1, -0.05) is 5.16 Å². The van der Waals surface area contributed by atoms with Gasteiger partial charge in [0, 0.05) is 12.1 Å². The molecule has 3 aromatic rings. The van der Waals surface area contributed by atoms with Crippen LogP contribution >= 0.6 is 0 Å². The molecule has 0 saturated heterocycles. The summed E-state index contributed by atoms with van der Waals surface area (Å²) in [6.07, 6.45) is 1.53. The summed E-state index contributed by atoms with van der Waals surface area (Å²) in [4.78, 5) is 12.4. The second kappa shape index (κ2) is 5.75. The van der Waals surface area contributed by atoms with Crippen LogP contribution in [0.2, 0.25) is 0 Å². The highest BCUT2D eigenvalue weighted by Crippen LogP contribution is 2.24. The molecule has 1 N–H and O–H groups in total. The Morgan fingerprint density at radius 2 is 2.09 bits per heavy atom. The molecule has 3 aromatic heterocycles. The first kappa shape index (κ1) is 15.1. The van der Waals surface area contributed by atoms with E-state index in [1.54, 1.807) is 18.2 Å². The number of nitrogens with one attached hydrogen (secondary N) is 1. The third-order valence-electron chi connectivity index (χ3n) is 3.56. The van der Waals surface area contributed by atoms with Crippen molar-refractivity contribution in [2.45, 2.75) is 33.7 Å². The lowest BCUT2D eigenvalue weighted by Gasteiger charge is -2.08. The molecule has 7 heteroatoms. The summed E-state index contributed by atoms with van der Waals surface area (Å²) in [5, 5.41) is 11.1. The Kier molecular flexibility index (Phi) is 3.77. The van der Waals surface area contributed by atoms with Gasteiger partial charge in [0.1, 0.15) is 0 Å². The number of amides is 1. The van der Waals surface area contributed by atoms with Crippen molar-refractivity contribution in [1.29, 1.82) is 0 Å². The molecule has 0 unspecified atom stereocenters. The molecule has 23 heavy (non-hydrogen) atoms. The topological polar surface area (TPSA) is 86.1 Å². The molecule has 120 valence electrons. The summed E-state index contributed by atoms with van der Waals surface area (Å²) in [6.45, 7) is 7.86. The molecule has 0 bridgehead atoms. The van der Waals surface area contributed by atoms with E-state index in [1.165, 1.54) is 6.26 Å². The van der Waals surface area contributed by atoms with E-state index in [9.17, 15) is 4.79 Å². The number of carbonyl (C=O) groups is 1. The molecule has 0 aliphatic carbocycles. The Labute approximate surface area is 133 Å². The zero-order chi connectivity index (χ0) is 16.6. The Bertz CT molecular complexity index is 828. The number of nitrogens with zero attached hydrogens (tertiary/aromatic N) is 3. The fourth-order valence-electron chi connectivity index (χ4n) is 2.44. The zero-order valence-electron chi connectivity index (χ0n) is 13.5. The molecule has 0 radical (unpaired) electrons. The third kappa shape index (κ3) is 2.77. The van der Waals surface area contributed by atoms with Gasteiger partial charge in [0.2, 0.25) is 5.76 Å². The Hall–Kier alpha value is -2.83. The first-order valence-corrected chi connectivity index (χ1v) is 7.35. The van der Waals surface area contributed by atoms with Crippen molar-refractivity contribution in [1.82, 2.24) is 14.9 Å². The van der Waals surface area contributed by atoms with Gasteiger partial charge in [-0.25, -0.2) is 0 Å². The summed E-state index contributed by atoms with van der Waals surface area (Å²) in [5.41, 5.74) is 2.55. The van der Waals surface area contributed by atoms with Gasteiger partial charge in [-0.2, -0.15) is 5.10 Å². The number of aromatic nitrogens is 3. The number of hydrogen-bond acceptors (Lipinski definition) is 5. The normalized spacial score (nSPS) is 11.2. The molecule has 0 spiro atoms. The number of furan rings is 1. The number of rotatable bonds is 4. The first-order valence-electron chi connectivity index (χ1n) is 7.35. The van der Waals surface area contributed by atoms with Crippen molar-refractivity contribution in [2.24, 2.45) is 0 Å². The molecule has 7 nitrogen and oxygen atoms in total. The van der Waals surface area contributed by atoms with Gasteiger partial charge in [0.25, 0.3) is 5.91 Å². The second-order valence-corrected chi connectivity index (χ2v) is 5.59. The lowest BCUT2D eigenvalue weighted by atomic mass is 10.2. The van der Waals surface area contributed by atoms with E-state index < -0.39 is 0 Å². The zero-order valence-corrected chi connectivity index (χ0v) is 13.5. The molecule has 0 aliphatic rings. The van der Waals surface area contributed by atoms with E-state index >= 15 is 0 Å². The Balaban J connectivity index is 1.83. The third-order valence-corrected chi connectivity index (χ3v) is 3.56. The molecular formula is C16H18N4O3. The van der Waals surface area contributed by atoms with Gasteiger partial charge in [-0.15, -0.1) is 0 Å². The molecule has 3 rings (SSSR count). The smallest absolute Gasteiger partial charge is 0.277 e. The van der Waals surface area contributed by atoms with Crippen LogP contribution in [-0.2, 0) is 0 Å². The van der Waals surface area contributed by atoms with Gasteiger partial charge in [0.15, 0.2) is 11.5 Å². The minimum atomic E-state index is -0.346. The van der Waals surface area contributed by atoms with Crippen LogP contribution in [0.4, 0.5) is 5.69 Å². The van der Waals surface area contributed by atoms with E-state index in [4.69, 9.17) is 8.94 Å². The maximum absolute atomic E-state index is 12.4. The van der Waals surface area contributed by atoms with Crippen molar-refractivity contribution in [2.75, 3.05) is 5.32 Å². The van der Waals surface area contributed by atoms with Crippen LogP contribution in [-0.4, -0.2) is 20.8 Å². The van der Waals surface area contributed by atoms with Crippen molar-refractivity contribution >= 4 is 11.6 Å². The standard InChI is InChI=1S/C16H18N4O3/c1-9(2)20-11(4)15(10(3)18-20)17-16(21)12-8-14(23-19-12)13-6-5-7-22-13/h5-9H,1-4H3,(H,17,21). The van der Waals surface area contributed by atoms with Crippen LogP contribution in [0.5, 0.6) is 0 Å². The number of aryl methyl sites for hydroxylation is 1. The monoisotopic (exact) mass is 314 g/mol. The van der Waals surface area contributed by atoms with Gasteiger partial charge in [0.05, 0.1) is 23.3 Å². The van der Waals surface area contributed by atoms with Crippen LogP contribution in [0.3, 0.4) is 0 Å². The molecule has 1 amide bonds. The van der Waals surface area contributed by atoms with Crippen molar-refractivity contribution < 1.29 is 13.7 Å². The molecule has 3 heterocycles. The molecule has 0 aromatic carbocycles. The summed E-state index contributed by atoms with van der Waals surface area (Å²) in [7, 11) is 0. The minimum absolute atomic E-state index is 0.187. The fourth-order valence-corrected chi connectivity index (χ4v) is 2.44. The van der Waals surface area contributed by atoms with Crippen LogP contribution in [0.1, 0.15) is 41.8 Å². The minimum Gasteiger partial charge on any atom is -0.461 e. The molecule has 0 atom stereocenters. The number of anilines is 1. The molecule has 0 fully saturated rings. The highest BCUT2D eigenvalue weighted by Gasteiger charge is 2.19. The predicted octanol–water partition coefficient (Wildman–Crippen LogP) is 3.58. The lowest BCUT2D eigenvalue weighted by molar-refractivity contribution is 0.101. The average molecular weight is 314 g/mol. The van der Waals surface area contributed by atoms with Crippen LogP contribution in [0, 0.1) is 13.8 Å². The fraction of sp³-hybridized carbons (Fsp3) is 0.312. The Morgan fingerprint density at radius 3 is 2.70 bits per heavy atom. The first-order chi connectivity index (χ1) is 11.0. The number of carbonyl (C=O) groups excluding carboxylic acids is 1. The average Bonchev–Trinajstić information content (AvgIpc) is 3.22. The highest BCUT2D eigenvalue weighted by atomic mass is 16.5. The second-order valence-electron chi connectivity index (χ2n) is 5.59. The van der Waals surface area contributed by atoms with Gasteiger partial charge >= 0.3 is 0 Å². The summed E-state index contributed by atoms with van der Waals surface area (Å²) < 4.78 is 12.2. The van der Waals surface area contributed by atoms with Gasteiger partial charge in [-0.3, -0.25) is 9.48 Å². The van der Waals surface area contributed by atoms with Crippen molar-refractivity contribution in [3.63, 3.8) is 0 Å². The summed E-state index contributed by atoms with van der Waals surface area (Å²) >= 11 is 0. The molecule has 0 aliphatic heterocycles. The van der Waals surface area contributed by atoms with Crippen LogP contribution in [0.15, 0.2) is 33.4 Å². The van der Waals surface area contributed by atoms with Gasteiger partial charge < -0.3 is 14.3 Å². The quantitative estimate of drug-likeness (QED) is 0.795. The summed E-state index contributed by atoms with van der Waals surface area (Å²) in [6, 6.07) is 5.25. The predicted molar refractivity (Wildman–Crippen MR) is 84.2 cm³/mol. The largest absolute Gasteiger partial charge is 0.461 e. The maximum Gasteiger partial charge on any atom is 0.277 e. The van der Waals surface area contributed by atoms with E-state index in [1.807, 2.05) is 32.4 Å². The van der Waals surface area contributed by atoms with E-state index in [2.05, 4.69) is 15.6 Å². The molecular weight excluding hydrogens is 296 g/mol. The van der Waals surface area contributed by atoms with E-state index in [-0.39, 0.29) is 17.6 Å².